The zero-order chi connectivity index (χ0) is 9.68. The van der Waals surface area contributed by atoms with Gasteiger partial charge in [-0.15, -0.1) is 0 Å². The summed E-state index contributed by atoms with van der Waals surface area (Å²) in [6.45, 7) is 0. The largest absolute Gasteiger partial charge is 0.508 e. The van der Waals surface area contributed by atoms with Crippen LogP contribution >= 0.6 is 8.35 Å². The number of rotatable bonds is 3. The smallest absolute Gasteiger partial charge is 0.115 e. The number of hydrogen-bond donors (Lipinski definition) is 1. The molecule has 0 heterocycles. The highest BCUT2D eigenvalue weighted by atomic mass is 31.1. The Hall–Kier alpha value is -1.34. The summed E-state index contributed by atoms with van der Waals surface area (Å²) in [5, 5.41) is 13.1. The number of nitrogens with zero attached hydrogens (tertiary/aromatic N) is 2. The van der Waals surface area contributed by atoms with Crippen LogP contribution in [0.1, 0.15) is 5.56 Å². The molecule has 68 valence electrons. The third kappa shape index (κ3) is 3.26. The molecule has 0 aromatic heterocycles. The molecule has 1 rings (SSSR count). The lowest BCUT2D eigenvalue weighted by atomic mass is 10.2. The number of hydrazone groups is 1. The second-order valence-electron chi connectivity index (χ2n) is 2.47. The molecule has 0 unspecified atom stereocenters. The van der Waals surface area contributed by atoms with Crippen LogP contribution in [0.5, 0.6) is 5.75 Å². The van der Waals surface area contributed by atoms with Gasteiger partial charge < -0.3 is 5.11 Å². The molecule has 0 fully saturated rings. The van der Waals surface area contributed by atoms with Crippen molar-refractivity contribution in [1.29, 1.82) is 0 Å². The minimum Gasteiger partial charge on any atom is -0.508 e. The minimum absolute atomic E-state index is 0.265. The van der Waals surface area contributed by atoms with E-state index in [1.807, 2.05) is 7.05 Å². The van der Waals surface area contributed by atoms with Crippen molar-refractivity contribution < 1.29 is 5.11 Å². The normalized spacial score (nSPS) is 10.8. The molecule has 0 spiro atoms. The van der Waals surface area contributed by atoms with Gasteiger partial charge in [-0.25, -0.2) is 0 Å². The van der Waals surface area contributed by atoms with E-state index in [2.05, 4.69) is 11.4 Å². The summed E-state index contributed by atoms with van der Waals surface area (Å²) in [5.41, 5.74) is 0.952. The maximum atomic E-state index is 9.01. The number of phenolic OH excluding ortho intramolecular Hbond substituents is 1. The lowest BCUT2D eigenvalue weighted by Gasteiger charge is -2.02. The Morgan fingerprint density at radius 3 is 2.62 bits per heavy atom. The summed E-state index contributed by atoms with van der Waals surface area (Å²) < 4.78 is 1.70. The molecule has 1 N–H and O–H groups in total. The molecule has 3 nitrogen and oxygen atoms in total. The molecular weight excluding hydrogens is 183 g/mol. The highest BCUT2D eigenvalue weighted by Gasteiger charge is 1.88. The van der Waals surface area contributed by atoms with Gasteiger partial charge in [0.2, 0.25) is 0 Å². The molecule has 1 aromatic rings. The Kier molecular flexibility index (Phi) is 3.47. The van der Waals surface area contributed by atoms with Gasteiger partial charge in [0.1, 0.15) is 5.75 Å². The fourth-order valence-electron chi connectivity index (χ4n) is 0.747. The van der Waals surface area contributed by atoms with E-state index in [4.69, 9.17) is 5.11 Å². The van der Waals surface area contributed by atoms with Crippen LogP contribution in [0.2, 0.25) is 0 Å². The van der Waals surface area contributed by atoms with Crippen molar-refractivity contribution in [2.24, 2.45) is 5.10 Å². The lowest BCUT2D eigenvalue weighted by Crippen LogP contribution is -1.94. The number of hydrogen-bond acceptors (Lipinski definition) is 3. The molecule has 13 heavy (non-hydrogen) atoms. The standard InChI is InChI=1S/C9H11N2OP/c1-11(13-2)10-7-8-3-5-9(12)6-4-8/h3-7,12H,2H2,1H3/b10-7+. The van der Waals surface area contributed by atoms with Crippen molar-refractivity contribution in [3.8, 4) is 5.75 Å². The van der Waals surface area contributed by atoms with E-state index in [0.29, 0.717) is 0 Å². The Labute approximate surface area is 79.2 Å². The van der Waals surface area contributed by atoms with E-state index in [9.17, 15) is 0 Å². The van der Waals surface area contributed by atoms with Crippen molar-refractivity contribution >= 4 is 20.9 Å². The fraction of sp³-hybridized carbons (Fsp3) is 0.111. The van der Waals surface area contributed by atoms with E-state index < -0.39 is 0 Å². The zero-order valence-electron chi connectivity index (χ0n) is 7.38. The van der Waals surface area contributed by atoms with Crippen molar-refractivity contribution in [1.82, 2.24) is 4.78 Å². The highest BCUT2D eigenvalue weighted by molar-refractivity contribution is 7.33. The molecular formula is C9H11N2OP. The monoisotopic (exact) mass is 194 g/mol. The van der Waals surface area contributed by atoms with Crippen LogP contribution in [0.15, 0.2) is 29.4 Å². The van der Waals surface area contributed by atoms with E-state index in [1.165, 1.54) is 0 Å². The van der Waals surface area contributed by atoms with Crippen molar-refractivity contribution in [3.63, 3.8) is 0 Å². The Bertz CT molecular complexity index is 308. The van der Waals surface area contributed by atoms with Gasteiger partial charge in [-0.2, -0.15) is 5.10 Å². The van der Waals surface area contributed by atoms with Gasteiger partial charge in [-0.05, 0) is 29.8 Å². The van der Waals surface area contributed by atoms with Gasteiger partial charge in [0.25, 0.3) is 0 Å². The maximum Gasteiger partial charge on any atom is 0.115 e. The van der Waals surface area contributed by atoms with Crippen LogP contribution in [-0.4, -0.2) is 29.4 Å². The van der Waals surface area contributed by atoms with Gasteiger partial charge in [0.15, 0.2) is 0 Å². The van der Waals surface area contributed by atoms with Gasteiger partial charge in [0, 0.05) is 15.4 Å². The second kappa shape index (κ2) is 4.63. The van der Waals surface area contributed by atoms with Crippen LogP contribution in [0.25, 0.3) is 0 Å². The quantitative estimate of drug-likeness (QED) is 0.453. The number of aromatic hydroxyl groups is 1. The Morgan fingerprint density at radius 2 is 2.08 bits per heavy atom. The predicted octanol–water partition coefficient (Wildman–Crippen LogP) is 1.95. The van der Waals surface area contributed by atoms with Crippen LogP contribution in [-0.2, 0) is 0 Å². The molecule has 0 aliphatic carbocycles. The van der Waals surface area contributed by atoms with Gasteiger partial charge >= 0.3 is 0 Å². The summed E-state index contributed by atoms with van der Waals surface area (Å²) >= 11 is 0. The van der Waals surface area contributed by atoms with Crippen LogP contribution in [0.4, 0.5) is 0 Å². The summed E-state index contributed by atoms with van der Waals surface area (Å²) in [6.07, 6.45) is 5.38. The van der Waals surface area contributed by atoms with E-state index in [1.54, 1.807) is 35.3 Å². The van der Waals surface area contributed by atoms with Crippen LogP contribution < -0.4 is 0 Å². The summed E-state index contributed by atoms with van der Waals surface area (Å²) in [7, 11) is 2.69. The molecule has 1 aromatic carbocycles. The summed E-state index contributed by atoms with van der Waals surface area (Å²) in [5.74, 6) is 0.265. The lowest BCUT2D eigenvalue weighted by molar-refractivity contribution is 0.475. The first-order valence-corrected chi connectivity index (χ1v) is 4.79. The van der Waals surface area contributed by atoms with Gasteiger partial charge in [0.05, 0.1) is 6.21 Å². The molecule has 0 saturated heterocycles. The average Bonchev–Trinajstić information content (AvgIpc) is 2.16. The Morgan fingerprint density at radius 1 is 1.46 bits per heavy atom. The summed E-state index contributed by atoms with van der Waals surface area (Å²) in [6, 6.07) is 6.85. The maximum absolute atomic E-state index is 9.01. The molecule has 0 aliphatic heterocycles. The highest BCUT2D eigenvalue weighted by Crippen LogP contribution is 2.08. The van der Waals surface area contributed by atoms with Crippen molar-refractivity contribution in [2.45, 2.75) is 0 Å². The SMILES string of the molecule is C=PN(C)/N=C/c1ccc(O)cc1. The first-order valence-electron chi connectivity index (χ1n) is 3.76. The number of phenols is 1. The third-order valence-corrected chi connectivity index (χ3v) is 1.98. The van der Waals surface area contributed by atoms with Gasteiger partial charge in [-0.1, -0.05) is 6.30 Å². The third-order valence-electron chi connectivity index (χ3n) is 1.47. The van der Waals surface area contributed by atoms with Crippen LogP contribution in [0.3, 0.4) is 0 Å². The minimum atomic E-state index is 0.265. The van der Waals surface area contributed by atoms with Crippen molar-refractivity contribution in [3.05, 3.63) is 29.8 Å². The zero-order valence-corrected chi connectivity index (χ0v) is 8.28. The first-order chi connectivity index (χ1) is 6.22. The van der Waals surface area contributed by atoms with E-state index in [-0.39, 0.29) is 5.75 Å². The average molecular weight is 194 g/mol. The number of benzene rings is 1. The first kappa shape index (κ1) is 9.75. The van der Waals surface area contributed by atoms with Gasteiger partial charge in [-0.3, -0.25) is 4.78 Å². The second-order valence-corrected chi connectivity index (χ2v) is 3.33. The molecule has 0 amide bonds. The van der Waals surface area contributed by atoms with Crippen LogP contribution in [0, 0.1) is 0 Å². The molecule has 4 heteroatoms. The summed E-state index contributed by atoms with van der Waals surface area (Å²) in [4.78, 5) is 0. The molecule has 0 bridgehead atoms. The molecule has 0 aliphatic rings. The molecule has 0 saturated carbocycles. The molecule has 0 radical (unpaired) electrons. The van der Waals surface area contributed by atoms with E-state index >= 15 is 0 Å². The van der Waals surface area contributed by atoms with E-state index in [0.717, 1.165) is 13.9 Å². The predicted molar refractivity (Wildman–Crippen MR) is 57.5 cm³/mol. The molecule has 0 atom stereocenters. The Balaban J connectivity index is 2.69. The topological polar surface area (TPSA) is 35.8 Å². The van der Waals surface area contributed by atoms with Crippen molar-refractivity contribution in [2.75, 3.05) is 7.05 Å². The fourth-order valence-corrected chi connectivity index (χ4v) is 0.872.